The van der Waals surface area contributed by atoms with Crippen molar-refractivity contribution in [1.82, 2.24) is 35.4 Å². The van der Waals surface area contributed by atoms with Crippen molar-refractivity contribution < 1.29 is 22.8 Å². The van der Waals surface area contributed by atoms with Crippen LogP contribution in [0.1, 0.15) is 18.4 Å². The smallest absolute Gasteiger partial charge is 0.338 e. The number of aromatic nitrogens is 3. The number of nitrogens with zero attached hydrogens (tertiary/aromatic N) is 5. The number of likely N-dealkylation sites (tertiary alicyclic amines) is 1. The molecular formula is C21H31F3N8O2. The molecule has 1 fully saturated rings. The maximum Gasteiger partial charge on any atom is 0.393 e. The number of rotatable bonds is 8. The Labute approximate surface area is 195 Å². The van der Waals surface area contributed by atoms with E-state index in [1.54, 1.807) is 25.8 Å². The Kier molecular flexibility index (Phi) is 7.97. The van der Waals surface area contributed by atoms with Gasteiger partial charge in [-0.15, -0.1) is 5.10 Å². The maximum atomic E-state index is 13.4. The molecule has 0 spiro atoms. The Hall–Kier alpha value is -2.93. The van der Waals surface area contributed by atoms with Gasteiger partial charge in [-0.2, -0.15) is 13.2 Å². The number of aryl methyl sites for hydroxylation is 1. The number of carbonyl (C=O) groups is 2. The van der Waals surface area contributed by atoms with Crippen LogP contribution in [0.4, 0.5) is 18.0 Å². The molecule has 10 nitrogen and oxygen atoms in total. The number of carbonyl (C=O) groups excluding carboxylic acids is 2. The van der Waals surface area contributed by atoms with Crippen LogP contribution in [0, 0.1) is 5.92 Å². The number of amides is 3. The lowest BCUT2D eigenvalue weighted by Gasteiger charge is -2.28. The summed E-state index contributed by atoms with van der Waals surface area (Å²) in [6.07, 6.45) is -4.45. The molecule has 1 aliphatic heterocycles. The fraction of sp³-hybridized carbons (Fsp3) is 0.619. The van der Waals surface area contributed by atoms with Gasteiger partial charge in [-0.3, -0.25) is 4.79 Å². The Morgan fingerprint density at radius 1 is 1.32 bits per heavy atom. The predicted molar refractivity (Wildman–Crippen MR) is 120 cm³/mol. The lowest BCUT2D eigenvalue weighted by molar-refractivity contribution is -0.171. The van der Waals surface area contributed by atoms with E-state index >= 15 is 0 Å². The molecule has 188 valence electrons. The van der Waals surface area contributed by atoms with E-state index in [1.807, 2.05) is 18.2 Å². The van der Waals surface area contributed by atoms with Crippen LogP contribution in [0.2, 0.25) is 0 Å². The minimum Gasteiger partial charge on any atom is -0.338 e. The van der Waals surface area contributed by atoms with E-state index in [0.29, 0.717) is 6.54 Å². The van der Waals surface area contributed by atoms with Gasteiger partial charge in [0.2, 0.25) is 5.91 Å². The van der Waals surface area contributed by atoms with Crippen molar-refractivity contribution in [3.8, 4) is 0 Å². The first-order chi connectivity index (χ1) is 16.0. The molecular weight excluding hydrogens is 453 g/mol. The van der Waals surface area contributed by atoms with Gasteiger partial charge in [0, 0.05) is 53.4 Å². The second-order valence-corrected chi connectivity index (χ2v) is 8.81. The maximum absolute atomic E-state index is 13.4. The van der Waals surface area contributed by atoms with E-state index in [1.165, 1.54) is 9.80 Å². The Morgan fingerprint density at radius 2 is 2.06 bits per heavy atom. The highest BCUT2D eigenvalue weighted by Crippen LogP contribution is 2.36. The first-order valence-electron chi connectivity index (χ1n) is 11.0. The van der Waals surface area contributed by atoms with Gasteiger partial charge >= 0.3 is 12.2 Å². The van der Waals surface area contributed by atoms with Crippen molar-refractivity contribution in [2.45, 2.75) is 37.6 Å². The van der Waals surface area contributed by atoms with Crippen molar-refractivity contribution in [1.29, 1.82) is 0 Å². The number of halogens is 3. The number of hydrogen-bond acceptors (Lipinski definition) is 6. The van der Waals surface area contributed by atoms with E-state index in [9.17, 15) is 22.8 Å². The summed E-state index contributed by atoms with van der Waals surface area (Å²) < 4.78 is 41.9. The molecule has 1 aromatic heterocycles. The van der Waals surface area contributed by atoms with Crippen molar-refractivity contribution in [2.75, 3.05) is 33.7 Å². The van der Waals surface area contributed by atoms with Gasteiger partial charge in [-0.05, 0) is 30.5 Å². The van der Waals surface area contributed by atoms with Gasteiger partial charge in [0.25, 0.3) is 0 Å². The van der Waals surface area contributed by atoms with Gasteiger partial charge in [0.05, 0.1) is 17.5 Å². The number of nitrogens with two attached hydrogens (primary N) is 1. The lowest BCUT2D eigenvalue weighted by Crippen LogP contribution is -2.50. The monoisotopic (exact) mass is 484 g/mol. The van der Waals surface area contributed by atoms with E-state index in [2.05, 4.69) is 20.9 Å². The number of alkyl halides is 3. The largest absolute Gasteiger partial charge is 0.393 e. The normalized spacial score (nSPS) is 19.4. The van der Waals surface area contributed by atoms with Crippen LogP contribution in [0.25, 0.3) is 11.0 Å². The van der Waals surface area contributed by atoms with Crippen LogP contribution in [0.5, 0.6) is 0 Å². The average Bonchev–Trinajstić information content (AvgIpc) is 3.36. The van der Waals surface area contributed by atoms with Crippen molar-refractivity contribution in [3.63, 3.8) is 0 Å². The average molecular weight is 485 g/mol. The van der Waals surface area contributed by atoms with Gasteiger partial charge in [0.1, 0.15) is 5.52 Å². The highest BCUT2D eigenvalue weighted by molar-refractivity contribution is 5.82. The van der Waals surface area contributed by atoms with E-state index < -0.39 is 36.6 Å². The molecule has 13 heteroatoms. The SMILES string of the molecule is CN(C)C(=O)NCCC(N)C(=O)N1CC(C(F)(F)F)CC1CNCc1ccc2c(c1)nnn2C. The molecule has 1 aromatic carbocycles. The van der Waals surface area contributed by atoms with Crippen LogP contribution in [-0.2, 0) is 18.4 Å². The first-order valence-corrected chi connectivity index (χ1v) is 11.0. The number of urea groups is 1. The molecule has 1 saturated heterocycles. The summed E-state index contributed by atoms with van der Waals surface area (Å²) in [4.78, 5) is 27.1. The summed E-state index contributed by atoms with van der Waals surface area (Å²) >= 11 is 0. The first kappa shape index (κ1) is 25.7. The minimum atomic E-state index is -4.39. The molecule has 0 aliphatic carbocycles. The highest BCUT2D eigenvalue weighted by atomic mass is 19.4. The molecule has 1 aliphatic rings. The molecule has 0 saturated carbocycles. The van der Waals surface area contributed by atoms with E-state index in [-0.39, 0.29) is 32.0 Å². The third-order valence-corrected chi connectivity index (χ3v) is 6.00. The summed E-state index contributed by atoms with van der Waals surface area (Å²) in [5.41, 5.74) is 8.49. The molecule has 3 rings (SSSR count). The number of nitrogens with one attached hydrogen (secondary N) is 2. The fourth-order valence-electron chi connectivity index (χ4n) is 4.03. The highest BCUT2D eigenvalue weighted by Gasteiger charge is 2.49. The Morgan fingerprint density at radius 3 is 2.74 bits per heavy atom. The third kappa shape index (κ3) is 6.14. The van der Waals surface area contributed by atoms with Gasteiger partial charge in [-0.1, -0.05) is 11.3 Å². The molecule has 2 heterocycles. The summed E-state index contributed by atoms with van der Waals surface area (Å²) in [7, 11) is 4.94. The van der Waals surface area contributed by atoms with Crippen molar-refractivity contribution in [3.05, 3.63) is 23.8 Å². The molecule has 3 unspecified atom stereocenters. The zero-order valence-electron chi connectivity index (χ0n) is 19.5. The number of fused-ring (bicyclic) bond motifs is 1. The standard InChI is InChI=1S/C21H31F3N8O2/c1-30(2)20(34)27-7-6-16(25)19(33)32-12-14(21(22,23)24)9-15(32)11-26-10-13-4-5-18-17(8-13)28-29-31(18)3/h4-5,8,14-16,26H,6-7,9-12,25H2,1-3H3,(H,27,34). The molecule has 3 amide bonds. The summed E-state index contributed by atoms with van der Waals surface area (Å²) in [6.45, 7) is 0.331. The minimum absolute atomic E-state index is 0.129. The van der Waals surface area contributed by atoms with Crippen LogP contribution in [0.15, 0.2) is 18.2 Å². The van der Waals surface area contributed by atoms with Crippen LogP contribution < -0.4 is 16.4 Å². The molecule has 34 heavy (non-hydrogen) atoms. The summed E-state index contributed by atoms with van der Waals surface area (Å²) in [6, 6.07) is 3.67. The lowest BCUT2D eigenvalue weighted by atomic mass is 10.1. The number of benzene rings is 1. The number of hydrogen-bond donors (Lipinski definition) is 3. The van der Waals surface area contributed by atoms with Crippen LogP contribution >= 0.6 is 0 Å². The van der Waals surface area contributed by atoms with Crippen molar-refractivity contribution >= 4 is 23.0 Å². The molecule has 0 radical (unpaired) electrons. The molecule has 0 bridgehead atoms. The zero-order valence-corrected chi connectivity index (χ0v) is 19.5. The van der Waals surface area contributed by atoms with E-state index in [4.69, 9.17) is 5.73 Å². The second kappa shape index (κ2) is 10.6. The van der Waals surface area contributed by atoms with Gasteiger partial charge < -0.3 is 26.2 Å². The van der Waals surface area contributed by atoms with Crippen molar-refractivity contribution in [2.24, 2.45) is 18.7 Å². The van der Waals surface area contributed by atoms with Crippen LogP contribution in [-0.4, -0.2) is 88.7 Å². The fourth-order valence-corrected chi connectivity index (χ4v) is 4.03. The quantitative estimate of drug-likeness (QED) is 0.510. The van der Waals surface area contributed by atoms with Gasteiger partial charge in [0.15, 0.2) is 0 Å². The van der Waals surface area contributed by atoms with E-state index in [0.717, 1.165) is 16.6 Å². The summed E-state index contributed by atoms with van der Waals surface area (Å²) in [5.74, 6) is -2.14. The topological polar surface area (TPSA) is 121 Å². The Balaban J connectivity index is 1.59. The molecule has 2 aromatic rings. The third-order valence-electron chi connectivity index (χ3n) is 6.00. The zero-order chi connectivity index (χ0) is 25.0. The Bertz CT molecular complexity index is 1010. The predicted octanol–water partition coefficient (Wildman–Crippen LogP) is 0.826. The van der Waals surface area contributed by atoms with Gasteiger partial charge in [-0.25, -0.2) is 9.48 Å². The molecule has 3 atom stereocenters. The second-order valence-electron chi connectivity index (χ2n) is 8.81. The summed E-state index contributed by atoms with van der Waals surface area (Å²) in [5, 5.41) is 13.8. The molecule has 4 N–H and O–H groups in total. The van der Waals surface area contributed by atoms with Crippen LogP contribution in [0.3, 0.4) is 0 Å².